The van der Waals surface area contributed by atoms with E-state index in [9.17, 15) is 52.7 Å². The average molecular weight is 728 g/mol. The van der Waals surface area contributed by atoms with Crippen LogP contribution in [0.1, 0.15) is 60.6 Å². The molecule has 0 radical (unpaired) electrons. The summed E-state index contributed by atoms with van der Waals surface area (Å²) in [6.45, 7) is 13.6. The second-order valence-electron chi connectivity index (χ2n) is 14.2. The van der Waals surface area contributed by atoms with Crippen molar-refractivity contribution >= 4 is 16.6 Å². The second-order valence-corrected chi connectivity index (χ2v) is 23.4. The highest BCUT2D eigenvalue weighted by molar-refractivity contribution is 6.74. The number of hydrogen-bond acceptors (Lipinski definition) is 3. The number of rotatable bonds is 7. The van der Waals surface area contributed by atoms with Crippen molar-refractivity contribution in [1.29, 1.82) is 0 Å². The van der Waals surface area contributed by atoms with E-state index in [0.717, 1.165) is 0 Å². The van der Waals surface area contributed by atoms with Crippen molar-refractivity contribution in [1.82, 2.24) is 5.32 Å². The maximum Gasteiger partial charge on any atom is 0.416 e. The summed E-state index contributed by atoms with van der Waals surface area (Å²) in [6.07, 6.45) is -22.5. The van der Waals surface area contributed by atoms with E-state index < -0.39 is 97.5 Å². The van der Waals surface area contributed by atoms with Gasteiger partial charge in [-0.25, -0.2) is 0 Å². The summed E-state index contributed by atoms with van der Waals surface area (Å²) in [5.74, 6) is 0. The quantitative estimate of drug-likeness (QED) is 0.228. The minimum absolute atomic E-state index is 0.0247. The van der Waals surface area contributed by atoms with E-state index >= 15 is 0 Å². The van der Waals surface area contributed by atoms with Gasteiger partial charge in [0, 0.05) is 0 Å². The van der Waals surface area contributed by atoms with E-state index in [1.807, 2.05) is 33.9 Å². The SMILES string of the molecule is CC(C)(C)[Si](C)(C)O[C@H]1CCN[C@@H]1C(O[Si](C)(C)C)(c1cc(C(F)(F)F)cc(C(F)(F)F)c1)c1cc(C(F)(F)F)cc(C(F)(F)F)c1. The van der Waals surface area contributed by atoms with Gasteiger partial charge in [0.1, 0.15) is 5.60 Å². The van der Waals surface area contributed by atoms with E-state index in [0.29, 0.717) is 24.3 Å². The lowest BCUT2D eigenvalue weighted by Gasteiger charge is -2.48. The Morgan fingerprint density at radius 3 is 1.17 bits per heavy atom. The summed E-state index contributed by atoms with van der Waals surface area (Å²) < 4.78 is 183. The maximum atomic E-state index is 14.2. The molecule has 3 rings (SSSR count). The lowest BCUT2D eigenvalue weighted by Crippen LogP contribution is -2.59. The second kappa shape index (κ2) is 12.4. The van der Waals surface area contributed by atoms with Crippen LogP contribution in [0.2, 0.25) is 37.8 Å². The third-order valence-electron chi connectivity index (χ3n) is 8.36. The van der Waals surface area contributed by atoms with E-state index in [-0.39, 0.29) is 25.1 Å². The molecule has 1 heterocycles. The van der Waals surface area contributed by atoms with E-state index in [4.69, 9.17) is 8.85 Å². The fraction of sp³-hybridized carbons (Fsp3) is 0.600. The van der Waals surface area contributed by atoms with Crippen LogP contribution in [0, 0.1) is 0 Å². The van der Waals surface area contributed by atoms with Gasteiger partial charge < -0.3 is 14.2 Å². The smallest absolute Gasteiger partial charge is 0.412 e. The van der Waals surface area contributed by atoms with E-state index in [2.05, 4.69) is 5.32 Å². The van der Waals surface area contributed by atoms with Crippen LogP contribution >= 0.6 is 0 Å². The van der Waals surface area contributed by atoms with E-state index in [1.165, 1.54) is 19.6 Å². The van der Waals surface area contributed by atoms with Gasteiger partial charge in [0.2, 0.25) is 0 Å². The largest absolute Gasteiger partial charge is 0.416 e. The highest BCUT2D eigenvalue weighted by Crippen LogP contribution is 2.50. The van der Waals surface area contributed by atoms with Crippen LogP contribution < -0.4 is 5.32 Å². The normalized spacial score (nSPS) is 19.4. The van der Waals surface area contributed by atoms with Crippen LogP contribution in [0.3, 0.4) is 0 Å². The summed E-state index contributed by atoms with van der Waals surface area (Å²) in [5.41, 5.74) is -11.8. The zero-order valence-electron chi connectivity index (χ0n) is 26.9. The first-order valence-electron chi connectivity index (χ1n) is 14.5. The summed E-state index contributed by atoms with van der Waals surface area (Å²) in [7, 11) is -6.13. The Labute approximate surface area is 267 Å². The summed E-state index contributed by atoms with van der Waals surface area (Å²) in [6, 6.07) is -0.654. The first-order chi connectivity index (χ1) is 20.8. The third-order valence-corrected chi connectivity index (χ3v) is 13.8. The molecule has 1 aliphatic rings. The fourth-order valence-electron chi connectivity index (χ4n) is 5.30. The van der Waals surface area contributed by atoms with Gasteiger partial charge in [-0.3, -0.25) is 0 Å². The molecule has 0 unspecified atom stereocenters. The Kier molecular flexibility index (Phi) is 10.3. The standard InChI is InChI=1S/C30H37F12NO2Si2/c1-25(2,3)47(7,8)44-23-9-10-43-24(23)26(45-46(4,5)6,17-11-19(27(31,32)33)15-20(12-17)28(34,35)36)18-13-21(29(37,38)39)16-22(14-18)30(40,41)42/h11-16,23-24,43H,9-10H2,1-8H3/t23-,24-/m0/s1. The Morgan fingerprint density at radius 1 is 0.574 bits per heavy atom. The minimum atomic E-state index is -5.38. The maximum absolute atomic E-state index is 14.2. The van der Waals surface area contributed by atoms with Crippen LogP contribution in [0.15, 0.2) is 36.4 Å². The van der Waals surface area contributed by atoms with Gasteiger partial charge in [0.25, 0.3) is 0 Å². The molecule has 2 aromatic carbocycles. The molecule has 17 heteroatoms. The number of benzene rings is 2. The summed E-state index contributed by atoms with van der Waals surface area (Å²) in [4.78, 5) is 0. The molecular formula is C30H37F12NO2Si2. The van der Waals surface area contributed by atoms with Crippen molar-refractivity contribution in [2.45, 2.75) is 107 Å². The molecular weight excluding hydrogens is 690 g/mol. The molecule has 0 bridgehead atoms. The number of hydrogen-bond donors (Lipinski definition) is 1. The predicted octanol–water partition coefficient (Wildman–Crippen LogP) is 10.6. The molecule has 1 aliphatic heterocycles. The topological polar surface area (TPSA) is 30.5 Å². The van der Waals surface area contributed by atoms with Crippen LogP contribution in [0.4, 0.5) is 52.7 Å². The van der Waals surface area contributed by atoms with Gasteiger partial charge in [0.15, 0.2) is 16.6 Å². The minimum Gasteiger partial charge on any atom is -0.412 e. The molecule has 0 saturated carbocycles. The predicted molar refractivity (Wildman–Crippen MR) is 157 cm³/mol. The Morgan fingerprint density at radius 2 is 0.894 bits per heavy atom. The van der Waals surface area contributed by atoms with Gasteiger partial charge in [0.05, 0.1) is 34.4 Å². The van der Waals surface area contributed by atoms with Crippen molar-refractivity contribution in [3.05, 3.63) is 69.8 Å². The summed E-state index contributed by atoms with van der Waals surface area (Å²) >= 11 is 0. The lowest BCUT2D eigenvalue weighted by atomic mass is 9.76. The molecule has 0 spiro atoms. The molecule has 266 valence electrons. The molecule has 1 N–H and O–H groups in total. The zero-order valence-corrected chi connectivity index (χ0v) is 28.9. The molecule has 3 nitrogen and oxygen atoms in total. The van der Waals surface area contributed by atoms with Crippen molar-refractivity contribution < 1.29 is 61.5 Å². The van der Waals surface area contributed by atoms with Crippen LogP contribution in [0.5, 0.6) is 0 Å². The van der Waals surface area contributed by atoms with Crippen LogP contribution in [-0.2, 0) is 39.2 Å². The Bertz CT molecular complexity index is 1300. The highest BCUT2D eigenvalue weighted by atomic mass is 28.4. The molecule has 0 aromatic heterocycles. The lowest BCUT2D eigenvalue weighted by molar-refractivity contribution is -0.144. The number of halogens is 12. The molecule has 47 heavy (non-hydrogen) atoms. The highest BCUT2D eigenvalue weighted by Gasteiger charge is 2.55. The average Bonchev–Trinajstić information content (AvgIpc) is 3.31. The van der Waals surface area contributed by atoms with Crippen molar-refractivity contribution in [3.8, 4) is 0 Å². The fourth-order valence-corrected chi connectivity index (χ4v) is 7.99. The van der Waals surface area contributed by atoms with Gasteiger partial charge >= 0.3 is 24.7 Å². The first-order valence-corrected chi connectivity index (χ1v) is 20.8. The Balaban J connectivity index is 2.63. The summed E-state index contributed by atoms with van der Waals surface area (Å²) in [5, 5.41) is 2.46. The van der Waals surface area contributed by atoms with Gasteiger partial charge in [-0.15, -0.1) is 0 Å². The van der Waals surface area contributed by atoms with Crippen LogP contribution in [0.25, 0.3) is 0 Å². The number of alkyl halides is 12. The zero-order chi connectivity index (χ0) is 36.4. The van der Waals surface area contributed by atoms with Gasteiger partial charge in [-0.1, -0.05) is 20.8 Å². The molecule has 1 saturated heterocycles. The molecule has 1 fully saturated rings. The molecule has 2 aromatic rings. The first kappa shape index (κ1) is 39.4. The Hall–Kier alpha value is -2.09. The third kappa shape index (κ3) is 8.75. The van der Waals surface area contributed by atoms with Crippen molar-refractivity contribution in [2.75, 3.05) is 6.54 Å². The monoisotopic (exact) mass is 727 g/mol. The van der Waals surface area contributed by atoms with Gasteiger partial charge in [-0.2, -0.15) is 52.7 Å². The van der Waals surface area contributed by atoms with Gasteiger partial charge in [-0.05, 0) is 98.3 Å². The molecule has 2 atom stereocenters. The number of nitrogens with one attached hydrogen (secondary N) is 1. The molecule has 0 aliphatic carbocycles. The van der Waals surface area contributed by atoms with E-state index in [1.54, 1.807) is 0 Å². The van der Waals surface area contributed by atoms with Crippen molar-refractivity contribution in [2.24, 2.45) is 0 Å². The van der Waals surface area contributed by atoms with Crippen LogP contribution in [-0.4, -0.2) is 35.3 Å². The molecule has 0 amide bonds. The van der Waals surface area contributed by atoms with Crippen molar-refractivity contribution in [3.63, 3.8) is 0 Å².